The molecule has 1 amide bonds. The van der Waals surface area contributed by atoms with E-state index in [0.29, 0.717) is 10.6 Å². The fraction of sp³-hybridized carbons (Fsp3) is 0.0435. The maximum atomic E-state index is 12.3. The molecule has 0 atom stereocenters. The number of nitrogens with one attached hydrogen (secondary N) is 1. The van der Waals surface area contributed by atoms with Crippen molar-refractivity contribution >= 4 is 34.6 Å². The van der Waals surface area contributed by atoms with Crippen LogP contribution in [0.25, 0.3) is 22.2 Å². The summed E-state index contributed by atoms with van der Waals surface area (Å²) in [6, 6.07) is 25.0. The minimum Gasteiger partial charge on any atom is -0.343 e. The number of hydrogen-bond acceptors (Lipinski definition) is 2. The van der Waals surface area contributed by atoms with E-state index in [4.69, 9.17) is 11.6 Å². The van der Waals surface area contributed by atoms with Crippen LogP contribution in [0.15, 0.2) is 84.0 Å². The first-order chi connectivity index (χ1) is 13.6. The normalized spacial score (nSPS) is 11.2. The molecule has 0 bridgehead atoms. The zero-order chi connectivity index (χ0) is 19.5. The van der Waals surface area contributed by atoms with Gasteiger partial charge in [-0.15, -0.1) is 0 Å². The summed E-state index contributed by atoms with van der Waals surface area (Å²) < 4.78 is 2.15. The van der Waals surface area contributed by atoms with Crippen molar-refractivity contribution in [3.63, 3.8) is 0 Å². The minimum absolute atomic E-state index is 0.283. The Balaban J connectivity index is 1.71. The highest BCUT2D eigenvalue weighted by Crippen LogP contribution is 2.31. The number of rotatable bonds is 4. The van der Waals surface area contributed by atoms with Crippen LogP contribution in [0.1, 0.15) is 15.9 Å². The number of carbonyl (C=O) groups excluding carboxylic acids is 1. The van der Waals surface area contributed by atoms with Gasteiger partial charge in [0.1, 0.15) is 0 Å². The zero-order valence-electron chi connectivity index (χ0n) is 15.3. The van der Waals surface area contributed by atoms with Gasteiger partial charge in [-0.3, -0.25) is 4.79 Å². The first-order valence-electron chi connectivity index (χ1n) is 8.87. The summed E-state index contributed by atoms with van der Waals surface area (Å²) in [6.45, 7) is 0. The number of amides is 1. The lowest BCUT2D eigenvalue weighted by molar-refractivity contribution is 0.0955. The van der Waals surface area contributed by atoms with Gasteiger partial charge in [0, 0.05) is 34.1 Å². The van der Waals surface area contributed by atoms with Gasteiger partial charge in [-0.25, -0.2) is 5.43 Å². The Morgan fingerprint density at radius 3 is 2.39 bits per heavy atom. The third-order valence-corrected chi connectivity index (χ3v) is 4.91. The number of para-hydroxylation sites is 1. The van der Waals surface area contributed by atoms with E-state index in [1.807, 2.05) is 37.4 Å². The highest BCUT2D eigenvalue weighted by molar-refractivity contribution is 6.30. The third kappa shape index (κ3) is 3.42. The molecule has 28 heavy (non-hydrogen) atoms. The van der Waals surface area contributed by atoms with Gasteiger partial charge in [0.15, 0.2) is 0 Å². The van der Waals surface area contributed by atoms with Crippen LogP contribution in [-0.2, 0) is 7.05 Å². The predicted molar refractivity (Wildman–Crippen MR) is 115 cm³/mol. The summed E-state index contributed by atoms with van der Waals surface area (Å²) in [5.74, 6) is -0.283. The Bertz CT molecular complexity index is 1160. The summed E-state index contributed by atoms with van der Waals surface area (Å²) in [5, 5.41) is 5.88. The molecule has 0 saturated heterocycles. The topological polar surface area (TPSA) is 46.4 Å². The summed E-state index contributed by atoms with van der Waals surface area (Å²) in [4.78, 5) is 12.3. The zero-order valence-corrected chi connectivity index (χ0v) is 16.0. The molecule has 138 valence electrons. The highest BCUT2D eigenvalue weighted by atomic mass is 35.5. The summed E-state index contributed by atoms with van der Waals surface area (Å²) in [7, 11) is 2.04. The van der Waals surface area contributed by atoms with E-state index in [0.717, 1.165) is 27.7 Å². The van der Waals surface area contributed by atoms with Gasteiger partial charge in [0.05, 0.1) is 11.9 Å². The average Bonchev–Trinajstić information content (AvgIpc) is 3.01. The Hall–Kier alpha value is -3.37. The lowest BCUT2D eigenvalue weighted by Crippen LogP contribution is -2.17. The van der Waals surface area contributed by atoms with Gasteiger partial charge < -0.3 is 4.57 Å². The smallest absolute Gasteiger partial charge is 0.271 e. The molecule has 0 spiro atoms. The maximum Gasteiger partial charge on any atom is 0.271 e. The molecule has 0 unspecified atom stereocenters. The van der Waals surface area contributed by atoms with Crippen LogP contribution in [0.4, 0.5) is 0 Å². The molecule has 4 aromatic rings. The van der Waals surface area contributed by atoms with Crippen LogP contribution in [0.2, 0.25) is 5.02 Å². The number of aromatic nitrogens is 1. The Labute approximate surface area is 168 Å². The van der Waals surface area contributed by atoms with Crippen LogP contribution >= 0.6 is 11.6 Å². The van der Waals surface area contributed by atoms with E-state index < -0.39 is 0 Å². The van der Waals surface area contributed by atoms with Gasteiger partial charge in [0.25, 0.3) is 5.91 Å². The standard InChI is InChI=1S/C23H18ClN3O/c1-27-21-10-6-5-9-19(21)20(22(27)16-7-3-2-4-8-16)15-25-26-23(28)17-11-13-18(24)14-12-17/h2-15H,1H3,(H,26,28). The lowest BCUT2D eigenvalue weighted by Gasteiger charge is -2.06. The molecular formula is C23H18ClN3O. The van der Waals surface area contributed by atoms with E-state index in [1.54, 1.807) is 30.5 Å². The number of aryl methyl sites for hydroxylation is 1. The van der Waals surface area contributed by atoms with E-state index in [9.17, 15) is 4.79 Å². The molecule has 3 aromatic carbocycles. The van der Waals surface area contributed by atoms with Crippen molar-refractivity contribution in [3.8, 4) is 11.3 Å². The van der Waals surface area contributed by atoms with Crippen molar-refractivity contribution in [2.24, 2.45) is 12.1 Å². The second-order valence-electron chi connectivity index (χ2n) is 6.41. The Morgan fingerprint density at radius 2 is 1.64 bits per heavy atom. The molecule has 4 nitrogen and oxygen atoms in total. The molecule has 1 N–H and O–H groups in total. The van der Waals surface area contributed by atoms with Crippen LogP contribution < -0.4 is 5.43 Å². The van der Waals surface area contributed by atoms with Crippen LogP contribution in [0.5, 0.6) is 0 Å². The minimum atomic E-state index is -0.283. The maximum absolute atomic E-state index is 12.3. The molecule has 4 rings (SSSR count). The Morgan fingerprint density at radius 1 is 0.964 bits per heavy atom. The number of carbonyl (C=O) groups is 1. The van der Waals surface area contributed by atoms with Crippen molar-refractivity contribution < 1.29 is 4.79 Å². The molecule has 0 aliphatic rings. The van der Waals surface area contributed by atoms with Crippen molar-refractivity contribution in [1.29, 1.82) is 0 Å². The molecule has 5 heteroatoms. The van der Waals surface area contributed by atoms with Crippen LogP contribution in [0.3, 0.4) is 0 Å². The van der Waals surface area contributed by atoms with Gasteiger partial charge >= 0.3 is 0 Å². The van der Waals surface area contributed by atoms with Crippen LogP contribution in [-0.4, -0.2) is 16.7 Å². The van der Waals surface area contributed by atoms with Crippen molar-refractivity contribution in [3.05, 3.63) is 95.0 Å². The number of fused-ring (bicyclic) bond motifs is 1. The van der Waals surface area contributed by atoms with Gasteiger partial charge in [-0.1, -0.05) is 60.1 Å². The second-order valence-corrected chi connectivity index (χ2v) is 6.85. The van der Waals surface area contributed by atoms with E-state index in [1.165, 1.54) is 0 Å². The van der Waals surface area contributed by atoms with Crippen molar-refractivity contribution in [1.82, 2.24) is 9.99 Å². The summed E-state index contributed by atoms with van der Waals surface area (Å²) in [6.07, 6.45) is 1.71. The Kier molecular flexibility index (Phi) is 4.96. The fourth-order valence-corrected chi connectivity index (χ4v) is 3.45. The largest absolute Gasteiger partial charge is 0.343 e. The SMILES string of the molecule is Cn1c(-c2ccccc2)c(C=NNC(=O)c2ccc(Cl)cc2)c2ccccc21. The quantitative estimate of drug-likeness (QED) is 0.376. The molecule has 0 fully saturated rings. The predicted octanol–water partition coefficient (Wildman–Crippen LogP) is 5.26. The van der Waals surface area contributed by atoms with Gasteiger partial charge in [-0.2, -0.15) is 5.10 Å². The van der Waals surface area contributed by atoms with E-state index >= 15 is 0 Å². The van der Waals surface area contributed by atoms with E-state index in [-0.39, 0.29) is 5.91 Å². The number of nitrogens with zero attached hydrogens (tertiary/aromatic N) is 2. The second kappa shape index (κ2) is 7.71. The first-order valence-corrected chi connectivity index (χ1v) is 9.25. The number of benzene rings is 3. The van der Waals surface area contributed by atoms with Crippen molar-refractivity contribution in [2.75, 3.05) is 0 Å². The molecule has 0 aliphatic heterocycles. The molecular weight excluding hydrogens is 370 g/mol. The fourth-order valence-electron chi connectivity index (χ4n) is 3.32. The molecule has 1 heterocycles. The number of halogens is 1. The molecule has 1 aromatic heterocycles. The molecule has 0 saturated carbocycles. The van der Waals surface area contributed by atoms with Gasteiger partial charge in [-0.05, 0) is 35.9 Å². The van der Waals surface area contributed by atoms with Crippen molar-refractivity contribution in [2.45, 2.75) is 0 Å². The molecule has 0 aliphatic carbocycles. The third-order valence-electron chi connectivity index (χ3n) is 4.66. The monoisotopic (exact) mass is 387 g/mol. The lowest BCUT2D eigenvalue weighted by atomic mass is 10.1. The van der Waals surface area contributed by atoms with E-state index in [2.05, 4.69) is 39.4 Å². The average molecular weight is 388 g/mol. The summed E-state index contributed by atoms with van der Waals surface area (Å²) >= 11 is 5.87. The molecule has 0 radical (unpaired) electrons. The van der Waals surface area contributed by atoms with Gasteiger partial charge in [0.2, 0.25) is 0 Å². The summed E-state index contributed by atoms with van der Waals surface area (Å²) in [5.41, 5.74) is 7.30. The number of hydrazone groups is 1. The van der Waals surface area contributed by atoms with Crippen LogP contribution in [0, 0.1) is 0 Å². The first kappa shape index (κ1) is 18.0. The highest BCUT2D eigenvalue weighted by Gasteiger charge is 2.15. The number of hydrogen-bond donors (Lipinski definition) is 1.